The summed E-state index contributed by atoms with van der Waals surface area (Å²) in [6.07, 6.45) is 5.06. The molecule has 2 aliphatic rings. The molecule has 3 N–H and O–H groups in total. The number of hydrogen-bond donors (Lipinski definition) is 3. The molecular formula is C38H44ClN5O4. The molecule has 0 radical (unpaired) electrons. The molecule has 6 rings (SSSR count). The van der Waals surface area contributed by atoms with Crippen molar-refractivity contribution in [2.75, 3.05) is 32.7 Å². The Morgan fingerprint density at radius 2 is 1.77 bits per heavy atom. The lowest BCUT2D eigenvalue weighted by Gasteiger charge is -2.38. The molecule has 3 aromatic carbocycles. The molecule has 2 fully saturated rings. The summed E-state index contributed by atoms with van der Waals surface area (Å²) in [6, 6.07) is 24.4. The van der Waals surface area contributed by atoms with E-state index in [9.17, 15) is 19.5 Å². The molecule has 10 heteroatoms. The Bertz CT molecular complexity index is 1740. The number of carbonyl (C=O) groups excluding carboxylic acids is 2. The van der Waals surface area contributed by atoms with Gasteiger partial charge in [-0.05, 0) is 86.1 Å². The van der Waals surface area contributed by atoms with Crippen LogP contribution in [0.4, 0.5) is 9.59 Å². The van der Waals surface area contributed by atoms with Gasteiger partial charge in [0.05, 0.1) is 0 Å². The van der Waals surface area contributed by atoms with Crippen LogP contribution < -0.4 is 5.32 Å². The Morgan fingerprint density at radius 3 is 2.52 bits per heavy atom. The lowest BCUT2D eigenvalue weighted by Crippen LogP contribution is -2.45. The Hall–Kier alpha value is -4.34. The molecule has 0 bridgehead atoms. The van der Waals surface area contributed by atoms with E-state index in [-0.39, 0.29) is 18.5 Å². The fourth-order valence-corrected chi connectivity index (χ4v) is 7.39. The first kappa shape index (κ1) is 33.6. The number of likely N-dealkylation sites (tertiary alicyclic amines) is 1. The first-order valence-electron chi connectivity index (χ1n) is 16.9. The number of nitrogens with one attached hydrogen (secondary N) is 2. The minimum atomic E-state index is -0.883. The summed E-state index contributed by atoms with van der Waals surface area (Å²) < 4.78 is 0. The Balaban J connectivity index is 1.06. The SMILES string of the molecule is CC(CCN1CCC(CCN(Cc2ccccc2)C(=O)O)CC1)(CN1C(=O)N[C@H](Cc2c[nH]c3ccccc23)C1=O)c1cccc(Cl)c1. The van der Waals surface area contributed by atoms with Crippen molar-refractivity contribution in [1.29, 1.82) is 0 Å². The molecule has 2 atom stereocenters. The molecular weight excluding hydrogens is 626 g/mol. The second-order valence-corrected chi connectivity index (χ2v) is 14.0. The van der Waals surface area contributed by atoms with Gasteiger partial charge in [0.15, 0.2) is 0 Å². The highest BCUT2D eigenvalue weighted by Crippen LogP contribution is 2.33. The third-order valence-electron chi connectivity index (χ3n) is 10.2. The van der Waals surface area contributed by atoms with Gasteiger partial charge in [-0.15, -0.1) is 0 Å². The zero-order valence-corrected chi connectivity index (χ0v) is 28.2. The number of piperidine rings is 1. The summed E-state index contributed by atoms with van der Waals surface area (Å²) >= 11 is 6.44. The summed E-state index contributed by atoms with van der Waals surface area (Å²) in [6.45, 7) is 5.97. The number of amides is 4. The number of para-hydroxylation sites is 1. The first-order valence-corrected chi connectivity index (χ1v) is 17.2. The summed E-state index contributed by atoms with van der Waals surface area (Å²) in [7, 11) is 0. The van der Waals surface area contributed by atoms with Crippen LogP contribution in [0.15, 0.2) is 85.1 Å². The van der Waals surface area contributed by atoms with Gasteiger partial charge in [-0.25, -0.2) is 9.59 Å². The lowest BCUT2D eigenvalue weighted by molar-refractivity contribution is -0.128. The highest BCUT2D eigenvalue weighted by atomic mass is 35.5. The van der Waals surface area contributed by atoms with Crippen molar-refractivity contribution >= 4 is 40.5 Å². The predicted molar refractivity (Wildman–Crippen MR) is 188 cm³/mol. The molecule has 9 nitrogen and oxygen atoms in total. The first-order chi connectivity index (χ1) is 23.2. The van der Waals surface area contributed by atoms with Crippen molar-refractivity contribution in [3.63, 3.8) is 0 Å². The van der Waals surface area contributed by atoms with Crippen LogP contribution >= 0.6 is 11.6 Å². The number of nitrogens with zero attached hydrogens (tertiary/aromatic N) is 3. The maximum Gasteiger partial charge on any atom is 0.407 e. The van der Waals surface area contributed by atoms with Gasteiger partial charge >= 0.3 is 12.1 Å². The monoisotopic (exact) mass is 669 g/mol. The van der Waals surface area contributed by atoms with Crippen LogP contribution in [0.25, 0.3) is 10.9 Å². The fraction of sp³-hybridized carbons (Fsp3) is 0.395. The van der Waals surface area contributed by atoms with E-state index in [1.54, 1.807) is 0 Å². The van der Waals surface area contributed by atoms with Crippen LogP contribution in [-0.2, 0) is 23.2 Å². The number of benzene rings is 3. The van der Waals surface area contributed by atoms with Gasteiger partial charge in [0, 0.05) is 53.6 Å². The molecule has 1 unspecified atom stereocenters. The zero-order valence-electron chi connectivity index (χ0n) is 27.4. The van der Waals surface area contributed by atoms with Crippen molar-refractivity contribution in [2.24, 2.45) is 5.92 Å². The van der Waals surface area contributed by atoms with Gasteiger partial charge in [-0.3, -0.25) is 9.69 Å². The number of aromatic amines is 1. The van der Waals surface area contributed by atoms with Crippen LogP contribution in [0.2, 0.25) is 5.02 Å². The molecule has 2 saturated heterocycles. The van der Waals surface area contributed by atoms with Crippen LogP contribution in [0.1, 0.15) is 49.3 Å². The van der Waals surface area contributed by atoms with E-state index in [4.69, 9.17) is 11.6 Å². The zero-order chi connectivity index (χ0) is 33.7. The van der Waals surface area contributed by atoms with Gasteiger partial charge in [-0.1, -0.05) is 79.2 Å². The topological polar surface area (TPSA) is 109 Å². The van der Waals surface area contributed by atoms with Gasteiger partial charge in [0.2, 0.25) is 0 Å². The summed E-state index contributed by atoms with van der Waals surface area (Å²) in [5, 5.41) is 14.4. The highest BCUT2D eigenvalue weighted by Gasteiger charge is 2.42. The summed E-state index contributed by atoms with van der Waals surface area (Å²) in [5.41, 5.74) is 3.49. The van der Waals surface area contributed by atoms with E-state index in [0.29, 0.717) is 30.5 Å². The Kier molecular flexibility index (Phi) is 10.4. The van der Waals surface area contributed by atoms with Crippen LogP contribution in [0.3, 0.4) is 0 Å². The van der Waals surface area contributed by atoms with Crippen molar-refractivity contribution in [3.05, 3.63) is 107 Å². The average Bonchev–Trinajstić information content (AvgIpc) is 3.62. The van der Waals surface area contributed by atoms with Crippen molar-refractivity contribution in [1.82, 2.24) is 25.0 Å². The van der Waals surface area contributed by atoms with Crippen LogP contribution in [-0.4, -0.2) is 81.6 Å². The average molecular weight is 670 g/mol. The van der Waals surface area contributed by atoms with E-state index < -0.39 is 17.6 Å². The quantitative estimate of drug-likeness (QED) is 0.134. The Labute approximate surface area is 286 Å². The van der Waals surface area contributed by atoms with Crippen molar-refractivity contribution < 1.29 is 19.5 Å². The van der Waals surface area contributed by atoms with E-state index in [2.05, 4.69) is 22.1 Å². The third-order valence-corrected chi connectivity index (χ3v) is 10.5. The molecule has 3 heterocycles. The minimum absolute atomic E-state index is 0.206. The largest absolute Gasteiger partial charge is 0.465 e. The van der Waals surface area contributed by atoms with Crippen molar-refractivity contribution in [3.8, 4) is 0 Å². The summed E-state index contributed by atoms with van der Waals surface area (Å²) in [4.78, 5) is 47.5. The second kappa shape index (κ2) is 14.8. The number of fused-ring (bicyclic) bond motifs is 1. The number of rotatable bonds is 13. The van der Waals surface area contributed by atoms with E-state index in [0.717, 1.165) is 72.9 Å². The number of urea groups is 1. The number of aromatic nitrogens is 1. The van der Waals surface area contributed by atoms with E-state index in [1.165, 1.54) is 9.80 Å². The standard InChI is InChI=1S/C38H44ClN5O4/c1-38(30-10-7-11-31(39)23-30,26-44-35(45)34(41-36(44)46)22-29-24-40-33-13-6-5-12-32(29)33)17-21-42-18-14-27(15-19-42)16-20-43(37(47)48)25-28-8-3-2-4-9-28/h2-13,23-24,27,34,40H,14-22,25-26H2,1H3,(H,41,46)(H,47,48)/t34-,38?/m1/s1. The lowest BCUT2D eigenvalue weighted by atomic mass is 9.78. The number of carboxylic acid groups (broad SMARTS) is 1. The fourth-order valence-electron chi connectivity index (χ4n) is 7.20. The van der Waals surface area contributed by atoms with Crippen LogP contribution in [0, 0.1) is 5.92 Å². The molecule has 252 valence electrons. The molecule has 4 amide bonds. The number of H-pyrrole nitrogens is 1. The molecule has 0 saturated carbocycles. The maximum absolute atomic E-state index is 13.7. The minimum Gasteiger partial charge on any atom is -0.465 e. The number of halogens is 1. The molecule has 0 aliphatic carbocycles. The second-order valence-electron chi connectivity index (χ2n) is 13.6. The summed E-state index contributed by atoms with van der Waals surface area (Å²) in [5.74, 6) is 0.264. The molecule has 48 heavy (non-hydrogen) atoms. The van der Waals surface area contributed by atoms with Crippen LogP contribution in [0.5, 0.6) is 0 Å². The van der Waals surface area contributed by atoms with Gasteiger partial charge < -0.3 is 25.2 Å². The third kappa shape index (κ3) is 7.85. The van der Waals surface area contributed by atoms with Gasteiger partial charge in [0.1, 0.15) is 6.04 Å². The predicted octanol–water partition coefficient (Wildman–Crippen LogP) is 6.91. The maximum atomic E-state index is 13.7. The van der Waals surface area contributed by atoms with Gasteiger partial charge in [-0.2, -0.15) is 0 Å². The number of hydrogen-bond acceptors (Lipinski definition) is 4. The van der Waals surface area contributed by atoms with E-state index >= 15 is 0 Å². The molecule has 1 aromatic heterocycles. The van der Waals surface area contributed by atoms with Gasteiger partial charge in [0.25, 0.3) is 5.91 Å². The normalized spacial score (nSPS) is 18.6. The number of imide groups is 1. The van der Waals surface area contributed by atoms with E-state index in [1.807, 2.05) is 85.1 Å². The smallest absolute Gasteiger partial charge is 0.407 e. The van der Waals surface area contributed by atoms with Crippen molar-refractivity contribution in [2.45, 2.75) is 57.0 Å². The molecule has 4 aromatic rings. The molecule has 2 aliphatic heterocycles. The highest BCUT2D eigenvalue weighted by molar-refractivity contribution is 6.30. The molecule has 0 spiro atoms. The number of carbonyl (C=O) groups is 3. The Morgan fingerprint density at radius 1 is 1.02 bits per heavy atom.